The van der Waals surface area contributed by atoms with Gasteiger partial charge in [0.25, 0.3) is 0 Å². The molecule has 0 bridgehead atoms. The van der Waals surface area contributed by atoms with Gasteiger partial charge < -0.3 is 10.1 Å². The fraction of sp³-hybridized carbons (Fsp3) is 0.188. The van der Waals surface area contributed by atoms with Gasteiger partial charge in [0.05, 0.1) is 7.11 Å². The molecule has 0 unspecified atom stereocenters. The molecule has 0 aliphatic rings. The second kappa shape index (κ2) is 7.26. The first kappa shape index (κ1) is 16.3. The summed E-state index contributed by atoms with van der Waals surface area (Å²) in [4.78, 5) is 25.9. The van der Waals surface area contributed by atoms with Crippen LogP contribution in [-0.4, -0.2) is 18.2 Å². The largest absolute Gasteiger partial charge is 0.497 e. The summed E-state index contributed by atoms with van der Waals surface area (Å²) in [6.07, 6.45) is 0.739. The van der Waals surface area contributed by atoms with Crippen LogP contribution in [-0.2, 0) is 11.3 Å². The van der Waals surface area contributed by atoms with Gasteiger partial charge in [-0.15, -0.1) is 10.1 Å². The number of hydrogen-bond donors (Lipinski definition) is 1. The lowest BCUT2D eigenvalue weighted by Gasteiger charge is -2.13. The summed E-state index contributed by atoms with van der Waals surface area (Å²) in [6, 6.07) is 12.1. The van der Waals surface area contributed by atoms with Crippen molar-refractivity contribution in [1.82, 2.24) is 0 Å². The van der Waals surface area contributed by atoms with Crippen LogP contribution in [0.3, 0.4) is 0 Å². The number of aryl methyl sites for hydroxylation is 1. The molecule has 2 aromatic rings. The summed E-state index contributed by atoms with van der Waals surface area (Å²) in [5.41, 5.74) is 2.57. The van der Waals surface area contributed by atoms with Gasteiger partial charge in [-0.25, -0.2) is 4.84 Å². The van der Waals surface area contributed by atoms with Gasteiger partial charge in [0.2, 0.25) is 0 Å². The molecule has 0 saturated heterocycles. The maximum Gasteiger partial charge on any atom is 0.334 e. The highest BCUT2D eigenvalue weighted by atomic mass is 17.0. The van der Waals surface area contributed by atoms with Crippen molar-refractivity contribution >= 4 is 17.3 Å². The minimum Gasteiger partial charge on any atom is -0.497 e. The molecule has 120 valence electrons. The number of carbonyl (C=O) groups is 1. The lowest BCUT2D eigenvalue weighted by atomic mass is 10.1. The van der Waals surface area contributed by atoms with E-state index in [0.29, 0.717) is 5.69 Å². The molecule has 7 nitrogen and oxygen atoms in total. The average molecular weight is 316 g/mol. The second-order valence-electron chi connectivity index (χ2n) is 4.68. The molecule has 0 saturated carbocycles. The van der Waals surface area contributed by atoms with E-state index in [9.17, 15) is 14.9 Å². The molecule has 23 heavy (non-hydrogen) atoms. The van der Waals surface area contributed by atoms with Crippen LogP contribution in [0.1, 0.15) is 22.8 Å². The number of anilines is 2. The summed E-state index contributed by atoms with van der Waals surface area (Å²) in [6.45, 7) is 1.98. The fourth-order valence-corrected chi connectivity index (χ4v) is 2.08. The molecule has 0 atom stereocenters. The Labute approximate surface area is 132 Å². The Kier molecular flexibility index (Phi) is 5.14. The normalized spacial score (nSPS) is 10.0. The monoisotopic (exact) mass is 316 g/mol. The third kappa shape index (κ3) is 4.19. The number of nitrogens with zero attached hydrogens (tertiary/aromatic N) is 1. The molecule has 1 N–H and O–H groups in total. The minimum absolute atomic E-state index is 0.106. The summed E-state index contributed by atoms with van der Waals surface area (Å²) in [5.74, 6) is -0.273. The van der Waals surface area contributed by atoms with Gasteiger partial charge in [-0.05, 0) is 48.4 Å². The van der Waals surface area contributed by atoms with Gasteiger partial charge in [0, 0.05) is 16.9 Å². The molecule has 0 radical (unpaired) electrons. The number of rotatable bonds is 6. The quantitative estimate of drug-likeness (QED) is 0.649. The maximum absolute atomic E-state index is 11.6. The van der Waals surface area contributed by atoms with Crippen LogP contribution in [0.5, 0.6) is 5.75 Å². The zero-order valence-electron chi connectivity index (χ0n) is 12.7. The van der Waals surface area contributed by atoms with E-state index in [4.69, 9.17) is 4.74 Å². The number of ether oxygens (including phenoxy) is 1. The molecule has 0 heterocycles. The third-order valence-electron chi connectivity index (χ3n) is 3.25. The molecule has 0 fully saturated rings. The van der Waals surface area contributed by atoms with Crippen LogP contribution >= 0.6 is 0 Å². The fourth-order valence-electron chi connectivity index (χ4n) is 2.08. The van der Waals surface area contributed by atoms with Crippen LogP contribution in [0.4, 0.5) is 11.4 Å². The van der Waals surface area contributed by atoms with Crippen molar-refractivity contribution < 1.29 is 19.5 Å². The minimum atomic E-state index is -1.12. The summed E-state index contributed by atoms with van der Waals surface area (Å²) in [7, 11) is 1.59. The average Bonchev–Trinajstić information content (AvgIpc) is 2.55. The lowest BCUT2D eigenvalue weighted by molar-refractivity contribution is -0.727. The molecule has 0 aliphatic carbocycles. The van der Waals surface area contributed by atoms with E-state index < -0.39 is 11.1 Å². The van der Waals surface area contributed by atoms with Gasteiger partial charge in [0.1, 0.15) is 5.75 Å². The predicted molar refractivity (Wildman–Crippen MR) is 84.5 cm³/mol. The van der Waals surface area contributed by atoms with Crippen molar-refractivity contribution in [2.45, 2.75) is 13.3 Å². The second-order valence-corrected chi connectivity index (χ2v) is 4.68. The Hall–Kier alpha value is -3.09. The van der Waals surface area contributed by atoms with Crippen LogP contribution in [0.25, 0.3) is 0 Å². The van der Waals surface area contributed by atoms with Gasteiger partial charge in [-0.1, -0.05) is 13.0 Å². The highest BCUT2D eigenvalue weighted by Crippen LogP contribution is 2.25. The van der Waals surface area contributed by atoms with Crippen molar-refractivity contribution in [3.05, 3.63) is 63.7 Å². The molecular weight excluding hydrogens is 300 g/mol. The van der Waals surface area contributed by atoms with Crippen molar-refractivity contribution in [1.29, 1.82) is 0 Å². The van der Waals surface area contributed by atoms with E-state index in [2.05, 4.69) is 10.2 Å². The lowest BCUT2D eigenvalue weighted by Crippen LogP contribution is -2.11. The first-order valence-electron chi connectivity index (χ1n) is 6.94. The summed E-state index contributed by atoms with van der Waals surface area (Å²) < 4.78 is 5.10. The smallest absolute Gasteiger partial charge is 0.334 e. The van der Waals surface area contributed by atoms with Gasteiger partial charge in [-0.3, -0.25) is 4.79 Å². The maximum atomic E-state index is 11.6. The van der Waals surface area contributed by atoms with E-state index in [-0.39, 0.29) is 5.56 Å². The molecular formula is C16H16N2O5. The van der Waals surface area contributed by atoms with Gasteiger partial charge in [0.15, 0.2) is 0 Å². The van der Waals surface area contributed by atoms with Crippen LogP contribution in [0.15, 0.2) is 42.5 Å². The van der Waals surface area contributed by atoms with E-state index in [1.165, 1.54) is 12.1 Å². The van der Waals surface area contributed by atoms with Crippen molar-refractivity contribution in [2.75, 3.05) is 12.4 Å². The van der Waals surface area contributed by atoms with Gasteiger partial charge >= 0.3 is 11.1 Å². The van der Waals surface area contributed by atoms with Crippen LogP contribution < -0.4 is 10.1 Å². The molecule has 0 aliphatic heterocycles. The van der Waals surface area contributed by atoms with Crippen molar-refractivity contribution in [3.8, 4) is 5.75 Å². The first-order chi connectivity index (χ1) is 11.0. The molecule has 0 spiro atoms. The molecule has 7 heteroatoms. The summed E-state index contributed by atoms with van der Waals surface area (Å²) >= 11 is 0. The standard InChI is InChI=1S/C16H16N2O5/c1-3-11-4-5-12(16(19)23-18(20)21)10-15(11)17-13-6-8-14(22-2)9-7-13/h4-10,17H,3H2,1-2H3. The molecule has 2 rings (SSSR count). The zero-order valence-corrected chi connectivity index (χ0v) is 12.7. The summed E-state index contributed by atoms with van der Waals surface area (Å²) in [5, 5.41) is 12.3. The Morgan fingerprint density at radius 2 is 1.91 bits per heavy atom. The number of methoxy groups -OCH3 is 1. The highest BCUT2D eigenvalue weighted by Gasteiger charge is 2.13. The third-order valence-corrected chi connectivity index (χ3v) is 3.25. The molecule has 0 amide bonds. The van der Waals surface area contributed by atoms with Gasteiger partial charge in [-0.2, -0.15) is 0 Å². The number of carbonyl (C=O) groups excluding carboxylic acids is 1. The molecule has 0 aromatic heterocycles. The van der Waals surface area contributed by atoms with Crippen molar-refractivity contribution in [3.63, 3.8) is 0 Å². The van der Waals surface area contributed by atoms with Crippen molar-refractivity contribution in [2.24, 2.45) is 0 Å². The molecule has 2 aromatic carbocycles. The SMILES string of the molecule is CCc1ccc(C(=O)O[N+](=O)[O-])cc1Nc1ccc(OC)cc1. The zero-order chi connectivity index (χ0) is 16.8. The van der Waals surface area contributed by atoms with E-state index in [1.54, 1.807) is 25.3 Å². The van der Waals surface area contributed by atoms with E-state index in [0.717, 1.165) is 23.4 Å². The number of benzene rings is 2. The van der Waals surface area contributed by atoms with Crippen LogP contribution in [0.2, 0.25) is 0 Å². The van der Waals surface area contributed by atoms with E-state index >= 15 is 0 Å². The number of hydrogen-bond acceptors (Lipinski definition) is 6. The number of nitrogens with one attached hydrogen (secondary N) is 1. The Bertz CT molecular complexity index is 713. The topological polar surface area (TPSA) is 90.7 Å². The Morgan fingerprint density at radius 1 is 1.22 bits per heavy atom. The Balaban J connectivity index is 2.27. The first-order valence-corrected chi connectivity index (χ1v) is 6.94. The predicted octanol–water partition coefficient (Wildman–Crippen LogP) is 3.35. The Morgan fingerprint density at radius 3 is 2.48 bits per heavy atom. The van der Waals surface area contributed by atoms with E-state index in [1.807, 2.05) is 19.1 Å². The van der Waals surface area contributed by atoms with Crippen LogP contribution in [0, 0.1) is 10.1 Å². The highest BCUT2D eigenvalue weighted by molar-refractivity contribution is 5.90.